The molecule has 2 aromatic rings. The van der Waals surface area contributed by atoms with Crippen LogP contribution in [0.1, 0.15) is 36.9 Å². The molecule has 1 unspecified atom stereocenters. The van der Waals surface area contributed by atoms with Crippen molar-refractivity contribution in [2.75, 3.05) is 12.4 Å². The number of ether oxygens (including phenoxy) is 1. The highest BCUT2D eigenvalue weighted by molar-refractivity contribution is 6.07. The van der Waals surface area contributed by atoms with Gasteiger partial charge in [-0.2, -0.15) is 13.2 Å². The van der Waals surface area contributed by atoms with Gasteiger partial charge in [-0.15, -0.1) is 0 Å². The predicted molar refractivity (Wildman–Crippen MR) is 112 cm³/mol. The molecular formula is C23H22F3N3O3. The maximum absolute atomic E-state index is 13.4. The Hall–Kier alpha value is -3.49. The number of anilines is 1. The van der Waals surface area contributed by atoms with Gasteiger partial charge in [-0.25, -0.2) is 4.79 Å². The maximum Gasteiger partial charge on any atom is 0.416 e. The Labute approximate surface area is 183 Å². The average molecular weight is 445 g/mol. The molecule has 2 aromatic carbocycles. The highest BCUT2D eigenvalue weighted by Gasteiger charge is 2.42. The van der Waals surface area contributed by atoms with E-state index < -0.39 is 29.7 Å². The van der Waals surface area contributed by atoms with Crippen molar-refractivity contribution < 1.29 is 27.5 Å². The van der Waals surface area contributed by atoms with Crippen LogP contribution >= 0.6 is 0 Å². The van der Waals surface area contributed by atoms with Gasteiger partial charge in [0.25, 0.3) is 5.91 Å². The number of para-hydroxylation sites is 2. The molecule has 0 spiro atoms. The summed E-state index contributed by atoms with van der Waals surface area (Å²) < 4.78 is 45.1. The van der Waals surface area contributed by atoms with Crippen LogP contribution in [0.25, 0.3) is 0 Å². The number of halogens is 3. The van der Waals surface area contributed by atoms with Gasteiger partial charge in [0.1, 0.15) is 5.75 Å². The predicted octanol–water partition coefficient (Wildman–Crippen LogP) is 4.86. The minimum absolute atomic E-state index is 0.0217. The average Bonchev–Trinajstić information content (AvgIpc) is 3.58. The number of benzene rings is 2. The first-order chi connectivity index (χ1) is 15.2. The van der Waals surface area contributed by atoms with Crippen molar-refractivity contribution in [1.82, 2.24) is 10.2 Å². The van der Waals surface area contributed by atoms with Gasteiger partial charge in [-0.1, -0.05) is 24.3 Å². The van der Waals surface area contributed by atoms with Crippen LogP contribution in [0.2, 0.25) is 0 Å². The monoisotopic (exact) mass is 445 g/mol. The molecule has 0 aromatic heterocycles. The number of allylic oxidation sites excluding steroid dienone is 1. The van der Waals surface area contributed by atoms with E-state index in [1.165, 1.54) is 24.1 Å². The number of carbonyl (C=O) groups excluding carboxylic acids is 2. The summed E-state index contributed by atoms with van der Waals surface area (Å²) in [4.78, 5) is 27.7. The Balaban J connectivity index is 1.77. The molecule has 1 atom stereocenters. The molecule has 9 heteroatoms. The zero-order chi connectivity index (χ0) is 23.0. The maximum atomic E-state index is 13.4. The van der Waals surface area contributed by atoms with E-state index in [1.54, 1.807) is 31.2 Å². The van der Waals surface area contributed by atoms with Gasteiger partial charge >= 0.3 is 12.2 Å². The summed E-state index contributed by atoms with van der Waals surface area (Å²) >= 11 is 0. The molecular weight excluding hydrogens is 423 g/mol. The lowest BCUT2D eigenvalue weighted by Gasteiger charge is -2.36. The fraction of sp³-hybridized carbons (Fsp3) is 0.304. The van der Waals surface area contributed by atoms with E-state index in [1.807, 2.05) is 0 Å². The lowest BCUT2D eigenvalue weighted by Crippen LogP contribution is -2.49. The van der Waals surface area contributed by atoms with Crippen LogP contribution < -0.4 is 15.4 Å². The highest BCUT2D eigenvalue weighted by Crippen LogP contribution is 2.39. The Kier molecular flexibility index (Phi) is 5.58. The fourth-order valence-corrected chi connectivity index (χ4v) is 3.91. The second kappa shape index (κ2) is 8.22. The number of amides is 3. The van der Waals surface area contributed by atoms with Gasteiger partial charge in [0.05, 0.1) is 30.0 Å². The third-order valence-electron chi connectivity index (χ3n) is 5.59. The number of methoxy groups -OCH3 is 1. The summed E-state index contributed by atoms with van der Waals surface area (Å²) in [5.41, 5.74) is 0.343. The van der Waals surface area contributed by atoms with Crippen LogP contribution in [0.5, 0.6) is 5.75 Å². The Morgan fingerprint density at radius 1 is 1.16 bits per heavy atom. The minimum Gasteiger partial charge on any atom is -0.495 e. The van der Waals surface area contributed by atoms with Gasteiger partial charge in [0.2, 0.25) is 0 Å². The van der Waals surface area contributed by atoms with Crippen molar-refractivity contribution in [3.8, 4) is 5.75 Å². The fourth-order valence-electron chi connectivity index (χ4n) is 3.91. The third-order valence-corrected chi connectivity index (χ3v) is 5.59. The van der Waals surface area contributed by atoms with Crippen LogP contribution in [0.4, 0.5) is 23.7 Å². The molecule has 0 radical (unpaired) electrons. The Morgan fingerprint density at radius 3 is 2.53 bits per heavy atom. The normalized spacial score (nSPS) is 19.0. The summed E-state index contributed by atoms with van der Waals surface area (Å²) in [5.74, 6) is -0.0892. The van der Waals surface area contributed by atoms with Gasteiger partial charge < -0.3 is 15.4 Å². The van der Waals surface area contributed by atoms with Crippen molar-refractivity contribution in [2.24, 2.45) is 0 Å². The number of rotatable bonds is 5. The lowest BCUT2D eigenvalue weighted by atomic mass is 9.92. The summed E-state index contributed by atoms with van der Waals surface area (Å²) in [6.45, 7) is 1.65. The summed E-state index contributed by atoms with van der Waals surface area (Å²) in [7, 11) is 1.47. The largest absolute Gasteiger partial charge is 0.495 e. The molecule has 1 heterocycles. The standard InChI is InChI=1S/C23H22F3N3O3/c1-13-19(21(30)27-17-8-3-4-9-18(17)32-2)20(28-22(31)29(13)16-10-11-16)14-6-5-7-15(12-14)23(24,25)26/h3-9,12,16,20H,10-11H2,1-2H3,(H,27,30)(H,28,31). The molecule has 0 saturated heterocycles. The van der Waals surface area contributed by atoms with Crippen molar-refractivity contribution in [3.05, 3.63) is 70.9 Å². The van der Waals surface area contributed by atoms with Crippen molar-refractivity contribution in [3.63, 3.8) is 0 Å². The van der Waals surface area contributed by atoms with E-state index in [0.29, 0.717) is 17.1 Å². The summed E-state index contributed by atoms with van der Waals surface area (Å²) in [6.07, 6.45) is -2.94. The molecule has 2 N–H and O–H groups in total. The van der Waals surface area contributed by atoms with Crippen molar-refractivity contribution in [2.45, 2.75) is 38.0 Å². The number of urea groups is 1. The Bertz CT molecular complexity index is 1090. The van der Waals surface area contributed by atoms with E-state index in [0.717, 1.165) is 25.0 Å². The van der Waals surface area contributed by atoms with Gasteiger partial charge in [0, 0.05) is 11.7 Å². The molecule has 2 aliphatic rings. The quantitative estimate of drug-likeness (QED) is 0.691. The molecule has 168 valence electrons. The number of nitrogens with zero attached hydrogens (tertiary/aromatic N) is 1. The molecule has 1 saturated carbocycles. The molecule has 0 bridgehead atoms. The van der Waals surface area contributed by atoms with Crippen molar-refractivity contribution in [1.29, 1.82) is 0 Å². The van der Waals surface area contributed by atoms with Gasteiger partial charge in [-0.3, -0.25) is 9.69 Å². The van der Waals surface area contributed by atoms with Crippen LogP contribution in [0.15, 0.2) is 59.8 Å². The van der Waals surface area contributed by atoms with Crippen LogP contribution in [-0.4, -0.2) is 30.0 Å². The smallest absolute Gasteiger partial charge is 0.416 e. The number of carbonyl (C=O) groups is 2. The molecule has 1 fully saturated rings. The Morgan fingerprint density at radius 2 is 1.88 bits per heavy atom. The van der Waals surface area contributed by atoms with Crippen LogP contribution in [0.3, 0.4) is 0 Å². The third kappa shape index (κ3) is 4.15. The van der Waals surface area contributed by atoms with Crippen LogP contribution in [0, 0.1) is 0 Å². The topological polar surface area (TPSA) is 70.7 Å². The number of nitrogens with one attached hydrogen (secondary N) is 2. The van der Waals surface area contributed by atoms with E-state index in [-0.39, 0.29) is 17.2 Å². The molecule has 4 rings (SSSR count). The number of alkyl halides is 3. The lowest BCUT2D eigenvalue weighted by molar-refractivity contribution is -0.137. The van der Waals surface area contributed by atoms with Crippen molar-refractivity contribution >= 4 is 17.6 Å². The van der Waals surface area contributed by atoms with E-state index in [2.05, 4.69) is 10.6 Å². The summed E-state index contributed by atoms with van der Waals surface area (Å²) in [5, 5.41) is 5.51. The minimum atomic E-state index is -4.55. The molecule has 1 aliphatic heterocycles. The molecule has 3 amide bonds. The van der Waals surface area contributed by atoms with E-state index >= 15 is 0 Å². The number of hydrogen-bond acceptors (Lipinski definition) is 3. The van der Waals surface area contributed by atoms with Crippen LogP contribution in [-0.2, 0) is 11.0 Å². The second-order valence-electron chi connectivity index (χ2n) is 7.76. The first kappa shape index (κ1) is 21.7. The van der Waals surface area contributed by atoms with E-state index in [4.69, 9.17) is 4.74 Å². The zero-order valence-corrected chi connectivity index (χ0v) is 17.5. The van der Waals surface area contributed by atoms with Gasteiger partial charge in [-0.05, 0) is 49.6 Å². The summed E-state index contributed by atoms with van der Waals surface area (Å²) in [6, 6.07) is 9.98. The first-order valence-corrected chi connectivity index (χ1v) is 10.1. The number of hydrogen-bond donors (Lipinski definition) is 2. The SMILES string of the molecule is COc1ccccc1NC(=O)C1=C(C)N(C2CC2)C(=O)NC1c1cccc(C(F)(F)F)c1. The highest BCUT2D eigenvalue weighted by atomic mass is 19.4. The molecule has 1 aliphatic carbocycles. The van der Waals surface area contributed by atoms with Gasteiger partial charge in [0.15, 0.2) is 0 Å². The molecule has 6 nitrogen and oxygen atoms in total. The zero-order valence-electron chi connectivity index (χ0n) is 17.5. The first-order valence-electron chi connectivity index (χ1n) is 10.1. The van der Waals surface area contributed by atoms with E-state index in [9.17, 15) is 22.8 Å². The molecule has 32 heavy (non-hydrogen) atoms. The second-order valence-corrected chi connectivity index (χ2v) is 7.76.